The third kappa shape index (κ3) is 3.28. The fraction of sp³-hybridized carbons (Fsp3) is 0.211. The van der Waals surface area contributed by atoms with Gasteiger partial charge in [0.15, 0.2) is 33.6 Å². The molecule has 0 saturated carbocycles. The summed E-state index contributed by atoms with van der Waals surface area (Å²) in [5.41, 5.74) is 14.2. The number of aryl methyl sites for hydroxylation is 1. The fourth-order valence-corrected chi connectivity index (χ4v) is 5.08. The number of benzene rings is 1. The molecule has 8 nitrogen and oxygen atoms in total. The Kier molecular flexibility index (Phi) is 4.74. The zero-order valence-electron chi connectivity index (χ0n) is 15.4. The molecule has 5 rings (SSSR count). The molecule has 10 heteroatoms. The average molecular weight is 427 g/mol. The summed E-state index contributed by atoms with van der Waals surface area (Å²) in [5.74, 6) is 1.86. The first-order chi connectivity index (χ1) is 14.2. The highest BCUT2D eigenvalue weighted by Crippen LogP contribution is 2.45. The van der Waals surface area contributed by atoms with Gasteiger partial charge in [-0.3, -0.25) is 0 Å². The number of thiophene rings is 1. The maximum absolute atomic E-state index is 6.05. The second kappa shape index (κ2) is 7.54. The number of fused-ring (bicyclic) bond motifs is 2. The Hall–Kier alpha value is -2.82. The first-order valence-corrected chi connectivity index (χ1v) is 10.8. The van der Waals surface area contributed by atoms with Crippen LogP contribution < -0.4 is 20.9 Å². The van der Waals surface area contributed by atoms with Crippen molar-refractivity contribution in [1.29, 1.82) is 0 Å². The lowest BCUT2D eigenvalue weighted by molar-refractivity contribution is 0.174. The Balaban J connectivity index is 1.63. The molecule has 1 aromatic carbocycles. The van der Waals surface area contributed by atoms with Gasteiger partial charge in [-0.15, -0.1) is 11.3 Å². The summed E-state index contributed by atoms with van der Waals surface area (Å²) in [6.07, 6.45) is 2.27. The van der Waals surface area contributed by atoms with E-state index in [0.717, 1.165) is 38.4 Å². The van der Waals surface area contributed by atoms with Gasteiger partial charge in [-0.05, 0) is 36.5 Å². The number of hydrogen-bond acceptors (Lipinski definition) is 9. The quantitative estimate of drug-likeness (QED) is 0.482. The molecule has 29 heavy (non-hydrogen) atoms. The molecule has 4 N–H and O–H groups in total. The van der Waals surface area contributed by atoms with E-state index in [4.69, 9.17) is 25.9 Å². The molecule has 3 aromatic heterocycles. The molecule has 0 radical (unpaired) electrons. The van der Waals surface area contributed by atoms with E-state index in [2.05, 4.69) is 21.4 Å². The summed E-state index contributed by atoms with van der Waals surface area (Å²) in [6, 6.07) is 8.15. The van der Waals surface area contributed by atoms with Crippen LogP contribution in [0.25, 0.3) is 21.6 Å². The van der Waals surface area contributed by atoms with E-state index in [1.807, 2.05) is 22.8 Å². The van der Waals surface area contributed by atoms with Gasteiger partial charge in [-0.25, -0.2) is 15.0 Å². The summed E-state index contributed by atoms with van der Waals surface area (Å²) < 4.78 is 13.2. The smallest absolute Gasteiger partial charge is 0.231 e. The van der Waals surface area contributed by atoms with E-state index < -0.39 is 0 Å². The Labute approximate surface area is 174 Å². The van der Waals surface area contributed by atoms with Gasteiger partial charge in [0.25, 0.3) is 0 Å². The zero-order chi connectivity index (χ0) is 19.8. The Morgan fingerprint density at radius 3 is 2.86 bits per heavy atom. The maximum Gasteiger partial charge on any atom is 0.231 e. The number of ether oxygens (including phenoxy) is 2. The van der Waals surface area contributed by atoms with Crippen molar-refractivity contribution in [1.82, 2.24) is 19.5 Å². The van der Waals surface area contributed by atoms with Crippen LogP contribution in [0.5, 0.6) is 11.5 Å². The van der Waals surface area contributed by atoms with E-state index in [-0.39, 0.29) is 6.79 Å². The topological polar surface area (TPSA) is 114 Å². The van der Waals surface area contributed by atoms with Crippen molar-refractivity contribution in [3.05, 3.63) is 36.0 Å². The van der Waals surface area contributed by atoms with Crippen molar-refractivity contribution in [2.45, 2.75) is 23.0 Å². The van der Waals surface area contributed by atoms with Crippen LogP contribution in [-0.2, 0) is 6.54 Å². The van der Waals surface area contributed by atoms with Crippen LogP contribution in [0.3, 0.4) is 0 Å². The van der Waals surface area contributed by atoms with Gasteiger partial charge in [0.05, 0.1) is 0 Å². The summed E-state index contributed by atoms with van der Waals surface area (Å²) in [6.45, 7) is 1.51. The predicted octanol–water partition coefficient (Wildman–Crippen LogP) is 3.37. The molecule has 0 amide bonds. The monoisotopic (exact) mass is 426 g/mol. The summed E-state index contributed by atoms with van der Waals surface area (Å²) in [7, 11) is 0. The lowest BCUT2D eigenvalue weighted by Crippen LogP contribution is -2.07. The molecule has 0 atom stereocenters. The van der Waals surface area contributed by atoms with Crippen molar-refractivity contribution < 1.29 is 9.47 Å². The van der Waals surface area contributed by atoms with Gasteiger partial charge >= 0.3 is 0 Å². The number of nitrogen functional groups attached to an aromatic ring is 1. The van der Waals surface area contributed by atoms with Gasteiger partial charge in [0.2, 0.25) is 6.79 Å². The van der Waals surface area contributed by atoms with E-state index in [0.29, 0.717) is 30.1 Å². The molecule has 0 aliphatic carbocycles. The number of hydrogen-bond donors (Lipinski definition) is 2. The summed E-state index contributed by atoms with van der Waals surface area (Å²) in [4.78, 5) is 15.4. The maximum atomic E-state index is 6.05. The second-order valence-corrected chi connectivity index (χ2v) is 8.36. The second-order valence-electron chi connectivity index (χ2n) is 6.40. The van der Waals surface area contributed by atoms with Crippen molar-refractivity contribution in [3.8, 4) is 21.9 Å². The molecule has 0 fully saturated rings. The van der Waals surface area contributed by atoms with Crippen molar-refractivity contribution in [2.24, 2.45) is 5.73 Å². The zero-order valence-corrected chi connectivity index (χ0v) is 17.0. The number of nitrogens with zero attached hydrogens (tertiary/aromatic N) is 4. The Morgan fingerprint density at radius 1 is 1.21 bits per heavy atom. The Bertz CT molecular complexity index is 1180. The highest BCUT2D eigenvalue weighted by molar-refractivity contribution is 7.99. The summed E-state index contributed by atoms with van der Waals surface area (Å²) >= 11 is 3.22. The van der Waals surface area contributed by atoms with Gasteiger partial charge in [0.1, 0.15) is 6.33 Å². The van der Waals surface area contributed by atoms with Gasteiger partial charge in [-0.2, -0.15) is 0 Å². The third-order valence-electron chi connectivity index (χ3n) is 4.57. The molecule has 1 aliphatic heterocycles. The van der Waals surface area contributed by atoms with E-state index in [9.17, 15) is 0 Å². The molecular weight excluding hydrogens is 408 g/mol. The number of anilines is 1. The van der Waals surface area contributed by atoms with Crippen LogP contribution in [0.4, 0.5) is 5.82 Å². The molecule has 4 heterocycles. The average Bonchev–Trinajstić information content (AvgIpc) is 3.46. The molecule has 0 bridgehead atoms. The minimum atomic E-state index is 0.231. The third-order valence-corrected chi connectivity index (χ3v) is 6.53. The molecule has 148 valence electrons. The van der Waals surface area contributed by atoms with E-state index in [1.165, 1.54) is 6.33 Å². The van der Waals surface area contributed by atoms with Crippen molar-refractivity contribution in [3.63, 3.8) is 0 Å². The number of imidazole rings is 1. The van der Waals surface area contributed by atoms with Gasteiger partial charge < -0.3 is 25.5 Å². The SMILES string of the molecule is NCCCn1c(Sc2cc3c(cc2-c2cccs2)OCO3)nc2c(N)ncnc21. The highest BCUT2D eigenvalue weighted by atomic mass is 32.2. The highest BCUT2D eigenvalue weighted by Gasteiger charge is 2.22. The lowest BCUT2D eigenvalue weighted by atomic mass is 10.1. The summed E-state index contributed by atoms with van der Waals surface area (Å²) in [5, 5.41) is 2.85. The lowest BCUT2D eigenvalue weighted by Gasteiger charge is -2.11. The molecule has 0 spiro atoms. The molecule has 4 aromatic rings. The van der Waals surface area contributed by atoms with Crippen molar-refractivity contribution >= 4 is 40.1 Å². The van der Waals surface area contributed by atoms with Crippen LogP contribution >= 0.6 is 23.1 Å². The minimum absolute atomic E-state index is 0.231. The van der Waals surface area contributed by atoms with E-state index in [1.54, 1.807) is 23.1 Å². The fourth-order valence-electron chi connectivity index (χ4n) is 3.19. The van der Waals surface area contributed by atoms with Crippen molar-refractivity contribution in [2.75, 3.05) is 19.1 Å². The first-order valence-electron chi connectivity index (χ1n) is 9.06. The standard InChI is InChI=1S/C19H18N6O2S2/c20-4-2-5-25-18-16(17(21)22-9-23-18)24-19(25)29-15-8-13-12(26-10-27-13)7-11(15)14-3-1-6-28-14/h1,3,6-9H,2,4-5,10,20H2,(H2,21,22,23). The molecule has 0 saturated heterocycles. The predicted molar refractivity (Wildman–Crippen MR) is 113 cm³/mol. The number of nitrogens with two attached hydrogens (primary N) is 2. The molecule has 0 unspecified atom stereocenters. The molecule has 1 aliphatic rings. The Morgan fingerprint density at radius 2 is 2.07 bits per heavy atom. The van der Waals surface area contributed by atoms with Crippen LogP contribution in [0.15, 0.2) is 46.0 Å². The number of rotatable bonds is 6. The van der Waals surface area contributed by atoms with Crippen LogP contribution in [0, 0.1) is 0 Å². The van der Waals surface area contributed by atoms with Crippen LogP contribution in [0.1, 0.15) is 6.42 Å². The van der Waals surface area contributed by atoms with E-state index >= 15 is 0 Å². The normalized spacial score (nSPS) is 12.7. The largest absolute Gasteiger partial charge is 0.454 e. The van der Waals surface area contributed by atoms with Gasteiger partial charge in [-0.1, -0.05) is 17.8 Å². The van der Waals surface area contributed by atoms with Crippen LogP contribution in [0.2, 0.25) is 0 Å². The van der Waals surface area contributed by atoms with Crippen LogP contribution in [-0.4, -0.2) is 32.9 Å². The number of aromatic nitrogens is 4. The van der Waals surface area contributed by atoms with Gasteiger partial charge in [0, 0.05) is 21.9 Å². The molecular formula is C19H18N6O2S2. The minimum Gasteiger partial charge on any atom is -0.454 e. The first kappa shape index (κ1) is 18.2.